The topological polar surface area (TPSA) is 74.1 Å². The number of alkyl halides is 4. The summed E-state index contributed by atoms with van der Waals surface area (Å²) in [5.74, 6) is 6.00. The third kappa shape index (κ3) is 6.65. The average molecular weight is 591 g/mol. The predicted octanol–water partition coefficient (Wildman–Crippen LogP) is 4.72. The highest BCUT2D eigenvalue weighted by atomic mass is 32.2. The standard InChI is InChI=1S/C28H30F4N6O2S/c1-36-15-10-20(19(29)17-36)34-22-7-4-14-38-25(22)35-23(27(38)41-28(30,31)32)6-3-11-33-21-9-8-18(16-24(21)40-2)26(39)37-12-5-13-37/h4,7-9,14,16,19-20,33-34H,5,10-13,15,17H2,1-2H3/t19-,20+/m0/s1. The molecule has 2 aromatic heterocycles. The number of pyridine rings is 1. The molecule has 0 aliphatic carbocycles. The van der Waals surface area contributed by atoms with Crippen LogP contribution < -0.4 is 15.4 Å². The van der Waals surface area contributed by atoms with E-state index in [0.717, 1.165) is 19.5 Å². The number of thioether (sulfide) groups is 1. The Labute approximate surface area is 239 Å². The third-order valence-electron chi connectivity index (χ3n) is 7.07. The van der Waals surface area contributed by atoms with Crippen molar-refractivity contribution < 1.29 is 27.1 Å². The number of amides is 1. The molecule has 0 saturated carbocycles. The van der Waals surface area contributed by atoms with Gasteiger partial charge < -0.3 is 25.2 Å². The fourth-order valence-electron chi connectivity index (χ4n) is 4.81. The third-order valence-corrected chi connectivity index (χ3v) is 7.88. The molecule has 218 valence electrons. The number of piperidine rings is 1. The van der Waals surface area contributed by atoms with Gasteiger partial charge in [0, 0.05) is 49.7 Å². The molecule has 13 heteroatoms. The number of ether oxygens (including phenoxy) is 1. The van der Waals surface area contributed by atoms with E-state index in [-0.39, 0.29) is 47.1 Å². The summed E-state index contributed by atoms with van der Waals surface area (Å²) in [5, 5.41) is 6.07. The van der Waals surface area contributed by atoms with Gasteiger partial charge >= 0.3 is 5.51 Å². The number of nitrogens with zero attached hydrogens (tertiary/aromatic N) is 4. The minimum absolute atomic E-state index is 0.0361. The van der Waals surface area contributed by atoms with E-state index in [9.17, 15) is 22.4 Å². The van der Waals surface area contributed by atoms with E-state index in [1.165, 1.54) is 17.7 Å². The van der Waals surface area contributed by atoms with Crippen molar-refractivity contribution in [1.29, 1.82) is 0 Å². The lowest BCUT2D eigenvalue weighted by Gasteiger charge is -2.33. The van der Waals surface area contributed by atoms with Gasteiger partial charge in [0.1, 0.15) is 22.6 Å². The van der Waals surface area contributed by atoms with Crippen LogP contribution in [0.25, 0.3) is 5.65 Å². The quantitative estimate of drug-likeness (QED) is 0.235. The molecule has 0 radical (unpaired) electrons. The normalized spacial score (nSPS) is 19.3. The Morgan fingerprint density at radius 2 is 2.02 bits per heavy atom. The number of halogens is 4. The number of nitrogens with one attached hydrogen (secondary N) is 2. The number of carbonyl (C=O) groups excluding carboxylic acids is 1. The Bertz CT molecular complexity index is 1480. The Morgan fingerprint density at radius 3 is 2.71 bits per heavy atom. The highest BCUT2D eigenvalue weighted by Crippen LogP contribution is 2.39. The maximum Gasteiger partial charge on any atom is 0.447 e. The first-order valence-corrected chi connectivity index (χ1v) is 14.0. The summed E-state index contributed by atoms with van der Waals surface area (Å²) < 4.78 is 61.9. The molecule has 2 saturated heterocycles. The molecule has 0 unspecified atom stereocenters. The van der Waals surface area contributed by atoms with E-state index in [4.69, 9.17) is 4.74 Å². The van der Waals surface area contributed by atoms with Gasteiger partial charge in [0.05, 0.1) is 31.1 Å². The Balaban J connectivity index is 1.36. The van der Waals surface area contributed by atoms with Crippen molar-refractivity contribution in [3.63, 3.8) is 0 Å². The summed E-state index contributed by atoms with van der Waals surface area (Å²) in [7, 11) is 3.34. The van der Waals surface area contributed by atoms with Crippen molar-refractivity contribution in [2.45, 2.75) is 35.6 Å². The summed E-state index contributed by atoms with van der Waals surface area (Å²) in [6.07, 6.45) is 1.91. The van der Waals surface area contributed by atoms with Gasteiger partial charge in [-0.05, 0) is 56.1 Å². The van der Waals surface area contributed by atoms with Crippen LogP contribution in [0.1, 0.15) is 28.9 Å². The Kier molecular flexibility index (Phi) is 8.51. The largest absolute Gasteiger partial charge is 0.495 e. The van der Waals surface area contributed by atoms with Gasteiger partial charge in [-0.1, -0.05) is 5.92 Å². The van der Waals surface area contributed by atoms with Crippen LogP contribution in [0.4, 0.5) is 28.9 Å². The van der Waals surface area contributed by atoms with Gasteiger partial charge in [-0.2, -0.15) is 13.2 Å². The van der Waals surface area contributed by atoms with Crippen LogP contribution in [-0.4, -0.2) is 89.7 Å². The fourth-order valence-corrected chi connectivity index (χ4v) is 5.46. The van der Waals surface area contributed by atoms with Crippen LogP contribution in [0, 0.1) is 11.8 Å². The van der Waals surface area contributed by atoms with Crippen LogP contribution in [0.15, 0.2) is 41.6 Å². The molecule has 4 heterocycles. The number of rotatable bonds is 7. The van der Waals surface area contributed by atoms with Crippen molar-refractivity contribution in [2.75, 3.05) is 57.5 Å². The SMILES string of the molecule is COc1cc(C(=O)N2CCC2)ccc1NCC#Cc1nc2c(N[C@@H]3CCN(C)C[C@@H]3F)cccn2c1SC(F)(F)F. The van der Waals surface area contributed by atoms with Crippen molar-refractivity contribution in [1.82, 2.24) is 19.2 Å². The molecule has 1 aromatic carbocycles. The number of hydrogen-bond acceptors (Lipinski definition) is 7. The van der Waals surface area contributed by atoms with E-state index in [1.807, 2.05) is 11.9 Å². The number of aromatic nitrogens is 2. The van der Waals surface area contributed by atoms with Crippen molar-refractivity contribution in [3.8, 4) is 17.6 Å². The molecule has 2 aliphatic heterocycles. The van der Waals surface area contributed by atoms with Crippen LogP contribution in [0.2, 0.25) is 0 Å². The zero-order chi connectivity index (χ0) is 29.1. The molecule has 2 fully saturated rings. The summed E-state index contributed by atoms with van der Waals surface area (Å²) in [6.45, 7) is 2.54. The summed E-state index contributed by atoms with van der Waals surface area (Å²) in [4.78, 5) is 20.6. The average Bonchev–Trinajstić information content (AvgIpc) is 3.23. The minimum atomic E-state index is -4.56. The molecule has 41 heavy (non-hydrogen) atoms. The van der Waals surface area contributed by atoms with Crippen molar-refractivity contribution in [3.05, 3.63) is 47.8 Å². The molecule has 0 bridgehead atoms. The number of likely N-dealkylation sites (tertiary alicyclic amines) is 2. The van der Waals surface area contributed by atoms with Gasteiger partial charge in [0.15, 0.2) is 5.65 Å². The maximum atomic E-state index is 14.7. The molecule has 2 atom stereocenters. The smallest absolute Gasteiger partial charge is 0.447 e. The second-order valence-electron chi connectivity index (χ2n) is 9.96. The van der Waals surface area contributed by atoms with Gasteiger partial charge in [0.25, 0.3) is 5.91 Å². The van der Waals surface area contributed by atoms with Gasteiger partial charge in [-0.3, -0.25) is 9.20 Å². The number of fused-ring (bicyclic) bond motifs is 1. The number of imidazole rings is 1. The van der Waals surface area contributed by atoms with Gasteiger partial charge in [-0.15, -0.1) is 0 Å². The zero-order valence-electron chi connectivity index (χ0n) is 22.6. The van der Waals surface area contributed by atoms with Crippen LogP contribution in [0.5, 0.6) is 5.75 Å². The van der Waals surface area contributed by atoms with Crippen LogP contribution in [0.3, 0.4) is 0 Å². The molecule has 5 rings (SSSR count). The highest BCUT2D eigenvalue weighted by molar-refractivity contribution is 8.00. The number of methoxy groups -OCH3 is 1. The molecule has 2 N–H and O–H groups in total. The lowest BCUT2D eigenvalue weighted by atomic mass is 10.0. The number of carbonyl (C=O) groups is 1. The first-order valence-electron chi connectivity index (χ1n) is 13.2. The summed E-state index contributed by atoms with van der Waals surface area (Å²) in [5.41, 5.74) is -2.81. The number of anilines is 2. The van der Waals surface area contributed by atoms with Crippen LogP contribution >= 0.6 is 11.8 Å². The second-order valence-corrected chi connectivity index (χ2v) is 11.0. The van der Waals surface area contributed by atoms with Gasteiger partial charge in [-0.25, -0.2) is 9.37 Å². The van der Waals surface area contributed by atoms with E-state index in [2.05, 4.69) is 27.5 Å². The van der Waals surface area contributed by atoms with E-state index in [0.29, 0.717) is 35.7 Å². The zero-order valence-corrected chi connectivity index (χ0v) is 23.4. The molecule has 8 nitrogen and oxygen atoms in total. The van der Waals surface area contributed by atoms with Crippen molar-refractivity contribution in [2.24, 2.45) is 0 Å². The predicted molar refractivity (Wildman–Crippen MR) is 150 cm³/mol. The second kappa shape index (κ2) is 12.1. The lowest BCUT2D eigenvalue weighted by Crippen LogP contribution is -2.46. The molecule has 1 amide bonds. The minimum Gasteiger partial charge on any atom is -0.495 e. The Morgan fingerprint density at radius 1 is 1.22 bits per heavy atom. The van der Waals surface area contributed by atoms with Gasteiger partial charge in [0.2, 0.25) is 0 Å². The molecular formula is C28H30F4N6O2S. The Hall–Kier alpha value is -3.63. The maximum absolute atomic E-state index is 14.7. The first kappa shape index (κ1) is 28.9. The number of benzene rings is 1. The highest BCUT2D eigenvalue weighted by Gasteiger charge is 2.34. The first-order chi connectivity index (χ1) is 19.6. The lowest BCUT2D eigenvalue weighted by molar-refractivity contribution is -0.0330. The molecular weight excluding hydrogens is 560 g/mol. The monoisotopic (exact) mass is 590 g/mol. The fraction of sp³-hybridized carbons (Fsp3) is 0.429. The number of hydrogen-bond donors (Lipinski definition) is 2. The van der Waals surface area contributed by atoms with E-state index < -0.39 is 17.7 Å². The van der Waals surface area contributed by atoms with E-state index >= 15 is 0 Å². The summed E-state index contributed by atoms with van der Waals surface area (Å²) >= 11 is -0.294. The van der Waals surface area contributed by atoms with Crippen LogP contribution in [-0.2, 0) is 0 Å². The molecule has 0 spiro atoms. The van der Waals surface area contributed by atoms with Crippen molar-refractivity contribution >= 4 is 34.7 Å². The molecule has 3 aromatic rings. The van der Waals surface area contributed by atoms with E-state index in [1.54, 1.807) is 35.2 Å². The summed E-state index contributed by atoms with van der Waals surface area (Å²) in [6, 6.07) is 7.85. The molecule has 2 aliphatic rings.